The lowest BCUT2D eigenvalue weighted by atomic mass is 9.97. The summed E-state index contributed by atoms with van der Waals surface area (Å²) < 4.78 is 11.1. The van der Waals surface area contributed by atoms with Crippen LogP contribution in [0, 0.1) is 0 Å². The molecule has 1 unspecified atom stereocenters. The first-order valence-electron chi connectivity index (χ1n) is 7.29. The van der Waals surface area contributed by atoms with E-state index >= 15 is 0 Å². The van der Waals surface area contributed by atoms with Crippen molar-refractivity contribution in [2.45, 2.75) is 25.9 Å². The molecule has 3 heteroatoms. The van der Waals surface area contributed by atoms with Crippen LogP contribution in [0.15, 0.2) is 48.6 Å². The van der Waals surface area contributed by atoms with E-state index in [9.17, 15) is 4.79 Å². The molecule has 0 saturated carbocycles. The number of benzene rings is 1. The predicted octanol–water partition coefficient (Wildman–Crippen LogP) is 1.81. The number of fused-ring (bicyclic) bond motifs is 2. The van der Waals surface area contributed by atoms with Gasteiger partial charge in [0.25, 0.3) is 0 Å². The van der Waals surface area contributed by atoms with Crippen molar-refractivity contribution >= 4 is 17.3 Å². The summed E-state index contributed by atoms with van der Waals surface area (Å²) >= 11 is 0. The van der Waals surface area contributed by atoms with Crippen LogP contribution in [0.25, 0.3) is 11.3 Å². The third kappa shape index (κ3) is 2.77. The highest BCUT2D eigenvalue weighted by atomic mass is 16.5. The highest BCUT2D eigenvalue weighted by molar-refractivity contribution is 5.72. The number of carbonyl (C=O) groups excluding carboxylic acids is 1. The van der Waals surface area contributed by atoms with E-state index in [4.69, 9.17) is 9.47 Å². The molecular formula is C18H18O3. The molecule has 0 aromatic heterocycles. The molecule has 1 aromatic rings. The van der Waals surface area contributed by atoms with Gasteiger partial charge in [0.05, 0.1) is 13.0 Å². The summed E-state index contributed by atoms with van der Waals surface area (Å²) in [4.78, 5) is 11.6. The minimum absolute atomic E-state index is 0.0536. The van der Waals surface area contributed by atoms with Crippen LogP contribution in [0.3, 0.4) is 0 Å². The molecule has 1 atom stereocenters. The molecule has 0 saturated heterocycles. The molecule has 2 aliphatic rings. The Morgan fingerprint density at radius 3 is 2.86 bits per heavy atom. The zero-order valence-corrected chi connectivity index (χ0v) is 12.0. The van der Waals surface area contributed by atoms with Gasteiger partial charge in [0.15, 0.2) is 0 Å². The maximum absolute atomic E-state index is 11.6. The molecule has 108 valence electrons. The number of hydrogen-bond acceptors (Lipinski definition) is 3. The number of carbonyl (C=O) groups is 1. The monoisotopic (exact) mass is 282 g/mol. The molecule has 3 nitrogen and oxygen atoms in total. The molecule has 0 bridgehead atoms. The van der Waals surface area contributed by atoms with Gasteiger partial charge in [0.2, 0.25) is 0 Å². The van der Waals surface area contributed by atoms with Crippen molar-refractivity contribution in [3.8, 4) is 0 Å². The zero-order chi connectivity index (χ0) is 14.7. The summed E-state index contributed by atoms with van der Waals surface area (Å²) in [5, 5.41) is 2.27. The van der Waals surface area contributed by atoms with Crippen molar-refractivity contribution in [3.05, 3.63) is 59.0 Å². The number of rotatable bonds is 4. The lowest BCUT2D eigenvalue weighted by molar-refractivity contribution is -0.143. The normalized spacial score (nSPS) is 18.8. The molecule has 0 spiro atoms. The largest absolute Gasteiger partial charge is 0.485 e. The number of esters is 1. The molecule has 21 heavy (non-hydrogen) atoms. The minimum atomic E-state index is -0.181. The van der Waals surface area contributed by atoms with Crippen LogP contribution in [0.5, 0.6) is 0 Å². The maximum Gasteiger partial charge on any atom is 0.306 e. The van der Waals surface area contributed by atoms with Crippen molar-refractivity contribution in [1.29, 1.82) is 0 Å². The van der Waals surface area contributed by atoms with Gasteiger partial charge in [-0.1, -0.05) is 42.5 Å². The van der Waals surface area contributed by atoms with E-state index in [2.05, 4.69) is 12.1 Å². The lowest BCUT2D eigenvalue weighted by Crippen LogP contribution is -2.38. The highest BCUT2D eigenvalue weighted by Gasteiger charge is 2.21. The third-order valence-corrected chi connectivity index (χ3v) is 3.65. The van der Waals surface area contributed by atoms with Gasteiger partial charge in [0, 0.05) is 17.2 Å². The first kappa shape index (κ1) is 13.7. The second-order valence-corrected chi connectivity index (χ2v) is 5.01. The molecule has 0 fully saturated rings. The molecule has 1 aromatic carbocycles. The minimum Gasteiger partial charge on any atom is -0.485 e. The maximum atomic E-state index is 11.6. The molecule has 1 aliphatic carbocycles. The topological polar surface area (TPSA) is 35.5 Å². The van der Waals surface area contributed by atoms with Gasteiger partial charge in [0.1, 0.15) is 11.9 Å². The standard InChI is InChI=1S/C18H18O3/c1-2-20-18(19)12-11-17-15-8-4-3-7-13(15)14-9-5-6-10-16(14)21-17/h3-10,16H,2,11-12H2,1H3. The molecule has 0 radical (unpaired) electrons. The van der Waals surface area contributed by atoms with Gasteiger partial charge in [-0.05, 0) is 18.2 Å². The van der Waals surface area contributed by atoms with Crippen molar-refractivity contribution in [2.24, 2.45) is 0 Å². The number of hydrogen-bond donors (Lipinski definition) is 0. The second kappa shape index (κ2) is 6.00. The van der Waals surface area contributed by atoms with Gasteiger partial charge in [-0.25, -0.2) is 0 Å². The Bertz CT molecular complexity index is 725. The van der Waals surface area contributed by atoms with Gasteiger partial charge in [-0.2, -0.15) is 0 Å². The SMILES string of the molecule is CCOC(=O)CCC1=c2ccccc2=C2C=CC=CC2O1. The lowest BCUT2D eigenvalue weighted by Gasteiger charge is -2.25. The quantitative estimate of drug-likeness (QED) is 0.790. The van der Waals surface area contributed by atoms with E-state index in [1.807, 2.05) is 43.4 Å². The van der Waals surface area contributed by atoms with Crippen LogP contribution in [0.2, 0.25) is 0 Å². The summed E-state index contributed by atoms with van der Waals surface area (Å²) in [7, 11) is 0. The van der Waals surface area contributed by atoms with Crippen LogP contribution in [-0.2, 0) is 14.3 Å². The molecule has 3 rings (SSSR count). The van der Waals surface area contributed by atoms with Crippen molar-refractivity contribution in [3.63, 3.8) is 0 Å². The smallest absolute Gasteiger partial charge is 0.306 e. The van der Waals surface area contributed by atoms with E-state index in [-0.39, 0.29) is 12.1 Å². The Hall–Kier alpha value is -2.29. The van der Waals surface area contributed by atoms with E-state index < -0.39 is 0 Å². The first-order chi connectivity index (χ1) is 10.3. The Balaban J connectivity index is 1.98. The summed E-state index contributed by atoms with van der Waals surface area (Å²) in [6.45, 7) is 2.23. The molecule has 0 N–H and O–H groups in total. The summed E-state index contributed by atoms with van der Waals surface area (Å²) in [5.41, 5.74) is 1.17. The number of allylic oxidation sites excluding steroid dienone is 2. The fourth-order valence-electron chi connectivity index (χ4n) is 2.71. The van der Waals surface area contributed by atoms with Crippen LogP contribution in [-0.4, -0.2) is 18.7 Å². The Labute approximate surface area is 123 Å². The zero-order valence-electron chi connectivity index (χ0n) is 12.0. The Kier molecular flexibility index (Phi) is 3.91. The van der Waals surface area contributed by atoms with Gasteiger partial charge in [-0.3, -0.25) is 4.79 Å². The third-order valence-electron chi connectivity index (χ3n) is 3.65. The Morgan fingerprint density at radius 1 is 1.24 bits per heavy atom. The van der Waals surface area contributed by atoms with E-state index in [0.29, 0.717) is 19.4 Å². The fourth-order valence-corrected chi connectivity index (χ4v) is 2.71. The molecule has 1 aliphatic heterocycles. The van der Waals surface area contributed by atoms with E-state index in [1.54, 1.807) is 0 Å². The average molecular weight is 282 g/mol. The van der Waals surface area contributed by atoms with Crippen LogP contribution < -0.4 is 10.4 Å². The van der Waals surface area contributed by atoms with Crippen LogP contribution >= 0.6 is 0 Å². The fraction of sp³-hybridized carbons (Fsp3) is 0.278. The van der Waals surface area contributed by atoms with Gasteiger partial charge >= 0.3 is 5.97 Å². The van der Waals surface area contributed by atoms with Crippen molar-refractivity contribution in [1.82, 2.24) is 0 Å². The van der Waals surface area contributed by atoms with Crippen LogP contribution in [0.4, 0.5) is 0 Å². The molecular weight excluding hydrogens is 264 g/mol. The predicted molar refractivity (Wildman–Crippen MR) is 81.5 cm³/mol. The average Bonchev–Trinajstić information content (AvgIpc) is 2.53. The first-order valence-corrected chi connectivity index (χ1v) is 7.29. The van der Waals surface area contributed by atoms with E-state index in [0.717, 1.165) is 11.0 Å². The van der Waals surface area contributed by atoms with Gasteiger partial charge < -0.3 is 9.47 Å². The van der Waals surface area contributed by atoms with Crippen LogP contribution in [0.1, 0.15) is 19.8 Å². The van der Waals surface area contributed by atoms with E-state index in [1.165, 1.54) is 10.8 Å². The summed E-state index contributed by atoms with van der Waals surface area (Å²) in [6.07, 6.45) is 9.00. The highest BCUT2D eigenvalue weighted by Crippen LogP contribution is 2.22. The molecule has 0 amide bonds. The summed E-state index contributed by atoms with van der Waals surface area (Å²) in [6, 6.07) is 8.18. The number of ether oxygens (including phenoxy) is 2. The van der Waals surface area contributed by atoms with Crippen molar-refractivity contribution in [2.75, 3.05) is 6.61 Å². The molecule has 1 heterocycles. The Morgan fingerprint density at radius 2 is 2.05 bits per heavy atom. The van der Waals surface area contributed by atoms with Crippen molar-refractivity contribution < 1.29 is 14.3 Å². The van der Waals surface area contributed by atoms with Gasteiger partial charge in [-0.15, -0.1) is 0 Å². The summed E-state index contributed by atoms with van der Waals surface area (Å²) in [5.74, 6) is 0.687. The second-order valence-electron chi connectivity index (χ2n) is 5.01.